The molecule has 106 valence electrons. The van der Waals surface area contributed by atoms with E-state index < -0.39 is 14.9 Å². The number of nitrogens with zero attached hydrogens (tertiary/aromatic N) is 1. The molecule has 0 aromatic heterocycles. The Kier molecular flexibility index (Phi) is 5.84. The van der Waals surface area contributed by atoms with Crippen LogP contribution in [0.4, 0.5) is 11.4 Å². The normalized spacial score (nSPS) is 11.3. The largest absolute Gasteiger partial charge is 0.294 e. The Bertz CT molecular complexity index is 563. The second-order valence-corrected chi connectivity index (χ2v) is 6.39. The minimum Gasteiger partial charge on any atom is -0.277 e. The van der Waals surface area contributed by atoms with E-state index >= 15 is 0 Å². The molecule has 0 fully saturated rings. The average molecular weight is 327 g/mol. The summed E-state index contributed by atoms with van der Waals surface area (Å²) in [5, 5.41) is 11.0. The number of halogens is 2. The van der Waals surface area contributed by atoms with E-state index in [0.717, 1.165) is 6.07 Å². The summed E-state index contributed by atoms with van der Waals surface area (Å²) >= 11 is 11.1. The van der Waals surface area contributed by atoms with Gasteiger partial charge in [-0.3, -0.25) is 14.8 Å². The van der Waals surface area contributed by atoms with Crippen LogP contribution in [0.5, 0.6) is 0 Å². The second kappa shape index (κ2) is 6.93. The summed E-state index contributed by atoms with van der Waals surface area (Å²) in [6.45, 7) is 0. The van der Waals surface area contributed by atoms with Crippen LogP contribution >= 0.6 is 23.2 Å². The Morgan fingerprint density at radius 1 is 1.32 bits per heavy atom. The van der Waals surface area contributed by atoms with Crippen LogP contribution in [0.1, 0.15) is 12.8 Å². The molecular weight excluding hydrogens is 315 g/mol. The summed E-state index contributed by atoms with van der Waals surface area (Å²) in [4.78, 5) is 10.1. The second-order valence-electron chi connectivity index (χ2n) is 3.74. The van der Waals surface area contributed by atoms with Crippen molar-refractivity contribution >= 4 is 44.6 Å². The highest BCUT2D eigenvalue weighted by Gasteiger charge is 2.19. The summed E-state index contributed by atoms with van der Waals surface area (Å²) < 4.78 is 25.6. The number of sulfonamides is 1. The number of rotatable bonds is 7. The van der Waals surface area contributed by atoms with Gasteiger partial charge in [0.15, 0.2) is 0 Å². The van der Waals surface area contributed by atoms with Crippen molar-refractivity contribution in [1.82, 2.24) is 0 Å². The first kappa shape index (κ1) is 16.0. The molecule has 0 amide bonds. The predicted octanol–water partition coefficient (Wildman–Crippen LogP) is 3.01. The Morgan fingerprint density at radius 3 is 2.58 bits per heavy atom. The molecule has 1 aromatic carbocycles. The first-order chi connectivity index (χ1) is 8.85. The summed E-state index contributed by atoms with van der Waals surface area (Å²) in [5.41, 5.74) is -0.478. The Morgan fingerprint density at radius 2 is 2.00 bits per heavy atom. The Labute approximate surface area is 120 Å². The van der Waals surface area contributed by atoms with Crippen LogP contribution in [-0.4, -0.2) is 25.0 Å². The molecule has 0 atom stereocenters. The highest BCUT2D eigenvalue weighted by Crippen LogP contribution is 2.28. The van der Waals surface area contributed by atoms with E-state index in [-0.39, 0.29) is 22.2 Å². The smallest absolute Gasteiger partial charge is 0.277 e. The van der Waals surface area contributed by atoms with Gasteiger partial charge in [0, 0.05) is 17.0 Å². The van der Waals surface area contributed by atoms with Crippen molar-refractivity contribution in [1.29, 1.82) is 0 Å². The molecule has 1 N–H and O–H groups in total. The number of benzene rings is 1. The summed E-state index contributed by atoms with van der Waals surface area (Å²) in [6.07, 6.45) is 0.950. The van der Waals surface area contributed by atoms with Gasteiger partial charge in [-0.2, -0.15) is 0 Å². The molecule has 1 aromatic rings. The fraction of sp³-hybridized carbons (Fsp3) is 0.400. The summed E-state index contributed by atoms with van der Waals surface area (Å²) in [7, 11) is -3.63. The van der Waals surface area contributed by atoms with Crippen LogP contribution in [0.15, 0.2) is 18.2 Å². The standard InChI is InChI=1S/C10H12Cl2N2O4S/c11-5-1-2-6-19(17,18)13-9-4-3-8(12)7-10(9)14(15)16/h3-4,7,13H,1-2,5-6H2. The van der Waals surface area contributed by atoms with Crippen molar-refractivity contribution in [3.05, 3.63) is 33.3 Å². The molecule has 0 spiro atoms. The van der Waals surface area contributed by atoms with Gasteiger partial charge in [-0.15, -0.1) is 11.6 Å². The highest BCUT2D eigenvalue weighted by molar-refractivity contribution is 7.92. The van der Waals surface area contributed by atoms with Gasteiger partial charge in [-0.25, -0.2) is 8.42 Å². The van der Waals surface area contributed by atoms with E-state index in [1.807, 2.05) is 0 Å². The fourth-order valence-electron chi connectivity index (χ4n) is 1.35. The molecule has 0 unspecified atom stereocenters. The Balaban J connectivity index is 2.90. The van der Waals surface area contributed by atoms with Gasteiger partial charge in [-0.1, -0.05) is 11.6 Å². The fourth-order valence-corrected chi connectivity index (χ4v) is 2.90. The number of nitrogens with one attached hydrogen (secondary N) is 1. The molecule has 0 aliphatic rings. The molecular formula is C10H12Cl2N2O4S. The molecule has 0 radical (unpaired) electrons. The van der Waals surface area contributed by atoms with Crippen molar-refractivity contribution in [2.45, 2.75) is 12.8 Å². The topological polar surface area (TPSA) is 89.3 Å². The molecule has 0 saturated heterocycles. The lowest BCUT2D eigenvalue weighted by molar-refractivity contribution is -0.383. The van der Waals surface area contributed by atoms with Crippen LogP contribution in [-0.2, 0) is 10.0 Å². The van der Waals surface area contributed by atoms with E-state index in [1.54, 1.807) is 0 Å². The zero-order valence-corrected chi connectivity index (χ0v) is 12.1. The van der Waals surface area contributed by atoms with Crippen LogP contribution in [0.25, 0.3) is 0 Å². The van der Waals surface area contributed by atoms with Crippen LogP contribution in [0.3, 0.4) is 0 Å². The third kappa shape index (κ3) is 5.22. The third-order valence-corrected chi connectivity index (χ3v) is 4.08. The maximum atomic E-state index is 11.7. The number of unbranched alkanes of at least 4 members (excludes halogenated alkanes) is 1. The number of alkyl halides is 1. The molecule has 0 aliphatic carbocycles. The zero-order valence-electron chi connectivity index (χ0n) is 9.80. The zero-order chi connectivity index (χ0) is 14.5. The quantitative estimate of drug-likeness (QED) is 0.361. The molecule has 19 heavy (non-hydrogen) atoms. The minimum atomic E-state index is -3.63. The van der Waals surface area contributed by atoms with Crippen LogP contribution < -0.4 is 4.72 Å². The van der Waals surface area contributed by atoms with E-state index in [1.165, 1.54) is 12.1 Å². The van der Waals surface area contributed by atoms with E-state index in [0.29, 0.717) is 18.7 Å². The minimum absolute atomic E-state index is 0.0970. The first-order valence-corrected chi connectivity index (χ1v) is 7.92. The van der Waals surface area contributed by atoms with E-state index in [9.17, 15) is 18.5 Å². The number of anilines is 1. The van der Waals surface area contributed by atoms with Gasteiger partial charge in [0.2, 0.25) is 10.0 Å². The lowest BCUT2D eigenvalue weighted by Gasteiger charge is -2.08. The van der Waals surface area contributed by atoms with Gasteiger partial charge in [0.25, 0.3) is 5.69 Å². The first-order valence-electron chi connectivity index (χ1n) is 5.36. The van der Waals surface area contributed by atoms with Gasteiger partial charge in [0.1, 0.15) is 5.69 Å². The summed E-state index contributed by atoms with van der Waals surface area (Å²) in [6, 6.07) is 3.74. The van der Waals surface area contributed by atoms with Crippen molar-refractivity contribution < 1.29 is 13.3 Å². The van der Waals surface area contributed by atoms with E-state index in [4.69, 9.17) is 23.2 Å². The van der Waals surface area contributed by atoms with Crippen molar-refractivity contribution in [3.63, 3.8) is 0 Å². The molecule has 9 heteroatoms. The van der Waals surface area contributed by atoms with Crippen molar-refractivity contribution in [2.24, 2.45) is 0 Å². The summed E-state index contributed by atoms with van der Waals surface area (Å²) in [5.74, 6) is 0.232. The van der Waals surface area contributed by atoms with Crippen molar-refractivity contribution in [3.8, 4) is 0 Å². The van der Waals surface area contributed by atoms with Crippen molar-refractivity contribution in [2.75, 3.05) is 16.4 Å². The molecule has 0 bridgehead atoms. The molecule has 0 saturated carbocycles. The maximum Gasteiger partial charge on any atom is 0.294 e. The molecule has 0 aliphatic heterocycles. The number of nitro groups is 1. The van der Waals surface area contributed by atoms with Gasteiger partial charge >= 0.3 is 0 Å². The Hall–Kier alpha value is -1.05. The van der Waals surface area contributed by atoms with Crippen LogP contribution in [0.2, 0.25) is 5.02 Å². The predicted molar refractivity (Wildman–Crippen MR) is 75.5 cm³/mol. The van der Waals surface area contributed by atoms with Gasteiger partial charge in [0.05, 0.1) is 10.7 Å². The monoisotopic (exact) mass is 326 g/mol. The van der Waals surface area contributed by atoms with Gasteiger partial charge in [-0.05, 0) is 25.0 Å². The number of nitro benzene ring substituents is 1. The lowest BCUT2D eigenvalue weighted by atomic mass is 10.3. The average Bonchev–Trinajstić information content (AvgIpc) is 2.31. The van der Waals surface area contributed by atoms with E-state index in [2.05, 4.69) is 4.72 Å². The molecule has 6 nitrogen and oxygen atoms in total. The lowest BCUT2D eigenvalue weighted by Crippen LogP contribution is -2.17. The SMILES string of the molecule is O=[N+]([O-])c1cc(Cl)ccc1NS(=O)(=O)CCCCCl. The number of hydrogen-bond acceptors (Lipinski definition) is 4. The molecule has 0 heterocycles. The number of hydrogen-bond donors (Lipinski definition) is 1. The highest BCUT2D eigenvalue weighted by atomic mass is 35.5. The third-order valence-electron chi connectivity index (χ3n) is 2.22. The molecule has 1 rings (SSSR count). The maximum absolute atomic E-state index is 11.7. The van der Waals surface area contributed by atoms with Gasteiger partial charge < -0.3 is 0 Å². The van der Waals surface area contributed by atoms with Crippen LogP contribution in [0, 0.1) is 10.1 Å².